The molecule has 1 unspecified atom stereocenters. The summed E-state index contributed by atoms with van der Waals surface area (Å²) in [4.78, 5) is 29.5. The van der Waals surface area contributed by atoms with Gasteiger partial charge in [-0.25, -0.2) is 9.48 Å². The highest BCUT2D eigenvalue weighted by Gasteiger charge is 2.32. The van der Waals surface area contributed by atoms with Gasteiger partial charge in [-0.1, -0.05) is 32.9 Å². The molecular weight excluding hydrogens is 560 g/mol. The van der Waals surface area contributed by atoms with Crippen molar-refractivity contribution in [3.63, 3.8) is 0 Å². The number of rotatable bonds is 9. The molecule has 0 aliphatic carbocycles. The van der Waals surface area contributed by atoms with E-state index in [0.29, 0.717) is 36.2 Å². The first-order valence-corrected chi connectivity index (χ1v) is 14.5. The molecule has 1 aliphatic heterocycles. The molecule has 230 valence electrons. The topological polar surface area (TPSA) is 129 Å². The molecule has 0 saturated carbocycles. The highest BCUT2D eigenvalue weighted by atomic mass is 16.7. The van der Waals surface area contributed by atoms with Gasteiger partial charge in [0.15, 0.2) is 5.79 Å². The molecule has 5 rings (SSSR count). The molecule has 0 spiro atoms. The number of carbonyl (C=O) groups excluding carboxylic acids is 2. The van der Waals surface area contributed by atoms with E-state index >= 15 is 0 Å². The summed E-state index contributed by atoms with van der Waals surface area (Å²) in [6, 6.07) is 19.6. The van der Waals surface area contributed by atoms with Crippen molar-refractivity contribution < 1.29 is 23.8 Å². The second-order valence-corrected chi connectivity index (χ2v) is 12.1. The first-order valence-electron chi connectivity index (χ1n) is 14.5. The van der Waals surface area contributed by atoms with Crippen LogP contribution in [-0.2, 0) is 26.1 Å². The Morgan fingerprint density at radius 2 is 1.66 bits per heavy atom. The zero-order valence-electron chi connectivity index (χ0n) is 25.6. The van der Waals surface area contributed by atoms with Crippen molar-refractivity contribution >= 4 is 23.4 Å². The fourth-order valence-electron chi connectivity index (χ4n) is 4.56. The minimum absolute atomic E-state index is 0.101. The van der Waals surface area contributed by atoms with Gasteiger partial charge in [-0.05, 0) is 67.9 Å². The molecule has 1 saturated heterocycles. The van der Waals surface area contributed by atoms with Gasteiger partial charge in [0.05, 0.1) is 24.4 Å². The van der Waals surface area contributed by atoms with Gasteiger partial charge in [-0.2, -0.15) is 5.10 Å². The average molecular weight is 599 g/mol. The molecule has 2 aromatic carbocycles. The third kappa shape index (κ3) is 8.21. The average Bonchev–Trinajstić information content (AvgIpc) is 3.56. The number of urea groups is 1. The Kier molecular flexibility index (Phi) is 8.98. The van der Waals surface area contributed by atoms with E-state index in [1.165, 1.54) is 0 Å². The lowest BCUT2D eigenvalue weighted by molar-refractivity contribution is -0.139. The SMILES string of the molecule is CC1(C)OCC(CNC(=O)Cc2ccc(-n3nc(C(C)(C)C)cc3NC(=O)Nc3ccc(Oc4ccncc4)cc3)cc2)O1. The Labute approximate surface area is 256 Å². The molecule has 11 nitrogen and oxygen atoms in total. The van der Waals surface area contributed by atoms with Crippen LogP contribution in [0.3, 0.4) is 0 Å². The molecular formula is C33H38N6O5. The van der Waals surface area contributed by atoms with E-state index in [2.05, 4.69) is 41.7 Å². The van der Waals surface area contributed by atoms with Gasteiger partial charge in [0.2, 0.25) is 5.91 Å². The van der Waals surface area contributed by atoms with Crippen molar-refractivity contribution in [3.05, 3.63) is 90.4 Å². The van der Waals surface area contributed by atoms with Gasteiger partial charge < -0.3 is 24.8 Å². The monoisotopic (exact) mass is 598 g/mol. The number of pyridine rings is 1. The third-order valence-electron chi connectivity index (χ3n) is 6.86. The molecule has 2 aromatic heterocycles. The maximum absolute atomic E-state index is 13.0. The first kappa shape index (κ1) is 30.7. The summed E-state index contributed by atoms with van der Waals surface area (Å²) in [6.45, 7) is 10.7. The molecule has 44 heavy (non-hydrogen) atoms. The van der Waals surface area contributed by atoms with Gasteiger partial charge in [-0.3, -0.25) is 15.1 Å². The standard InChI is InChI=1S/C33H38N6O5/c1-32(2,3)28-19-29(37-31(41)36-23-8-12-25(13-9-23)43-26-14-16-34-17-15-26)39(38-28)24-10-6-22(7-11-24)18-30(40)35-20-27-21-42-33(4,5)44-27/h6-17,19,27H,18,20-21H2,1-5H3,(H,35,40)(H2,36,37,41). The molecule has 4 aromatic rings. The van der Waals surface area contributed by atoms with Crippen molar-refractivity contribution in [3.8, 4) is 17.2 Å². The fourth-order valence-corrected chi connectivity index (χ4v) is 4.56. The Morgan fingerprint density at radius 1 is 0.977 bits per heavy atom. The molecule has 11 heteroatoms. The van der Waals surface area contributed by atoms with Crippen molar-refractivity contribution in [2.45, 2.75) is 58.3 Å². The Balaban J connectivity index is 1.22. The predicted octanol–water partition coefficient (Wildman–Crippen LogP) is 5.81. The van der Waals surface area contributed by atoms with Crippen molar-refractivity contribution in [2.24, 2.45) is 0 Å². The van der Waals surface area contributed by atoms with E-state index in [1.807, 2.05) is 44.2 Å². The lowest BCUT2D eigenvalue weighted by atomic mass is 9.92. The van der Waals surface area contributed by atoms with Crippen LogP contribution in [-0.4, -0.2) is 51.7 Å². The summed E-state index contributed by atoms with van der Waals surface area (Å²) in [7, 11) is 0. The predicted molar refractivity (Wildman–Crippen MR) is 167 cm³/mol. The fraction of sp³-hybridized carbons (Fsp3) is 0.333. The maximum Gasteiger partial charge on any atom is 0.324 e. The normalized spacial score (nSPS) is 15.9. The van der Waals surface area contributed by atoms with Crippen LogP contribution in [0.15, 0.2) is 79.1 Å². The summed E-state index contributed by atoms with van der Waals surface area (Å²) >= 11 is 0. The molecule has 0 radical (unpaired) electrons. The minimum Gasteiger partial charge on any atom is -0.457 e. The Hall–Kier alpha value is -4.74. The molecule has 1 aliphatic rings. The van der Waals surface area contributed by atoms with E-state index in [-0.39, 0.29) is 23.8 Å². The molecule has 3 heterocycles. The summed E-state index contributed by atoms with van der Waals surface area (Å²) in [5.74, 6) is 1.10. The van der Waals surface area contributed by atoms with E-state index in [0.717, 1.165) is 16.9 Å². The van der Waals surface area contributed by atoms with Crippen molar-refractivity contribution in [1.29, 1.82) is 0 Å². The highest BCUT2D eigenvalue weighted by Crippen LogP contribution is 2.27. The lowest BCUT2D eigenvalue weighted by Crippen LogP contribution is -2.35. The lowest BCUT2D eigenvalue weighted by Gasteiger charge is -2.17. The number of benzene rings is 2. The first-order chi connectivity index (χ1) is 20.9. The number of anilines is 2. The zero-order valence-corrected chi connectivity index (χ0v) is 25.6. The molecule has 1 atom stereocenters. The van der Waals surface area contributed by atoms with Gasteiger partial charge in [0, 0.05) is 36.1 Å². The van der Waals surface area contributed by atoms with Crippen LogP contribution in [0.25, 0.3) is 5.69 Å². The van der Waals surface area contributed by atoms with Crippen LogP contribution in [0.4, 0.5) is 16.3 Å². The van der Waals surface area contributed by atoms with E-state index in [1.54, 1.807) is 53.5 Å². The molecule has 3 N–H and O–H groups in total. The molecule has 0 bridgehead atoms. The number of hydrogen-bond acceptors (Lipinski definition) is 7. The van der Waals surface area contributed by atoms with Gasteiger partial charge >= 0.3 is 6.03 Å². The summed E-state index contributed by atoms with van der Waals surface area (Å²) < 4.78 is 18.8. The van der Waals surface area contributed by atoms with Crippen LogP contribution < -0.4 is 20.7 Å². The minimum atomic E-state index is -0.624. The third-order valence-corrected chi connectivity index (χ3v) is 6.86. The quantitative estimate of drug-likeness (QED) is 0.222. The van der Waals surface area contributed by atoms with E-state index in [4.69, 9.17) is 19.3 Å². The summed E-state index contributed by atoms with van der Waals surface area (Å²) in [5.41, 5.74) is 2.77. The smallest absolute Gasteiger partial charge is 0.324 e. The number of aromatic nitrogens is 3. The number of ether oxygens (including phenoxy) is 3. The van der Waals surface area contributed by atoms with Crippen LogP contribution in [0.1, 0.15) is 45.9 Å². The van der Waals surface area contributed by atoms with Crippen LogP contribution in [0.5, 0.6) is 11.5 Å². The molecule has 1 fully saturated rings. The second kappa shape index (κ2) is 12.9. The summed E-state index contributed by atoms with van der Waals surface area (Å²) in [6.07, 6.45) is 3.37. The number of amides is 3. The summed E-state index contributed by atoms with van der Waals surface area (Å²) in [5, 5.41) is 13.5. The van der Waals surface area contributed by atoms with Gasteiger partial charge in [0.1, 0.15) is 23.4 Å². The van der Waals surface area contributed by atoms with E-state index in [9.17, 15) is 9.59 Å². The van der Waals surface area contributed by atoms with Crippen LogP contribution >= 0.6 is 0 Å². The van der Waals surface area contributed by atoms with Crippen molar-refractivity contribution in [1.82, 2.24) is 20.1 Å². The Morgan fingerprint density at radius 3 is 2.30 bits per heavy atom. The van der Waals surface area contributed by atoms with Crippen LogP contribution in [0, 0.1) is 0 Å². The molecule has 3 amide bonds. The second-order valence-electron chi connectivity index (χ2n) is 12.1. The van der Waals surface area contributed by atoms with Gasteiger partial charge in [0.25, 0.3) is 0 Å². The zero-order chi connectivity index (χ0) is 31.3. The number of carbonyl (C=O) groups is 2. The number of nitrogens with one attached hydrogen (secondary N) is 3. The number of nitrogens with zero attached hydrogens (tertiary/aromatic N) is 3. The maximum atomic E-state index is 13.0. The van der Waals surface area contributed by atoms with Crippen LogP contribution in [0.2, 0.25) is 0 Å². The highest BCUT2D eigenvalue weighted by molar-refractivity contribution is 5.99. The van der Waals surface area contributed by atoms with E-state index < -0.39 is 11.8 Å². The van der Waals surface area contributed by atoms with Gasteiger partial charge in [-0.15, -0.1) is 0 Å². The largest absolute Gasteiger partial charge is 0.457 e. The number of hydrogen-bond donors (Lipinski definition) is 3. The Bertz CT molecular complexity index is 1580. The van der Waals surface area contributed by atoms with Crippen molar-refractivity contribution in [2.75, 3.05) is 23.8 Å².